The van der Waals surface area contributed by atoms with E-state index in [0.29, 0.717) is 5.92 Å². The molecule has 2 unspecified atom stereocenters. The van der Waals surface area contributed by atoms with Crippen molar-refractivity contribution in [1.82, 2.24) is 4.90 Å². The van der Waals surface area contributed by atoms with Gasteiger partial charge in [-0.3, -0.25) is 0 Å². The second-order valence-corrected chi connectivity index (χ2v) is 6.42. The van der Waals surface area contributed by atoms with E-state index in [1.807, 2.05) is 6.92 Å². The first-order valence-corrected chi connectivity index (χ1v) is 7.52. The molecular weight excluding hydrogens is 226 g/mol. The van der Waals surface area contributed by atoms with Gasteiger partial charge in [-0.2, -0.15) is 0 Å². The van der Waals surface area contributed by atoms with Gasteiger partial charge >= 0.3 is 0 Å². The molecule has 1 N–H and O–H groups in total. The van der Waals surface area contributed by atoms with E-state index in [-0.39, 0.29) is 11.5 Å². The quantitative estimate of drug-likeness (QED) is 0.617. The molecule has 0 aromatic heterocycles. The SMILES string of the molecule is CC(O)C1CCN(CC2(C=O)CCCCCC2)C1. The highest BCUT2D eigenvalue weighted by Gasteiger charge is 2.35. The van der Waals surface area contributed by atoms with E-state index in [9.17, 15) is 9.90 Å². The average molecular weight is 253 g/mol. The lowest BCUT2D eigenvalue weighted by Gasteiger charge is -2.31. The Morgan fingerprint density at radius 1 is 1.33 bits per heavy atom. The third-order valence-corrected chi connectivity index (χ3v) is 4.88. The number of hydrogen-bond acceptors (Lipinski definition) is 3. The number of aliphatic hydroxyl groups excluding tert-OH is 1. The lowest BCUT2D eigenvalue weighted by molar-refractivity contribution is -0.118. The summed E-state index contributed by atoms with van der Waals surface area (Å²) < 4.78 is 0. The van der Waals surface area contributed by atoms with Crippen molar-refractivity contribution >= 4 is 6.29 Å². The van der Waals surface area contributed by atoms with Crippen LogP contribution in [0.1, 0.15) is 51.9 Å². The summed E-state index contributed by atoms with van der Waals surface area (Å²) in [4.78, 5) is 14.0. The van der Waals surface area contributed by atoms with E-state index in [1.165, 1.54) is 32.0 Å². The van der Waals surface area contributed by atoms with Crippen molar-refractivity contribution in [2.45, 2.75) is 58.0 Å². The molecule has 2 aliphatic rings. The van der Waals surface area contributed by atoms with Crippen molar-refractivity contribution in [3.63, 3.8) is 0 Å². The van der Waals surface area contributed by atoms with Gasteiger partial charge in [0.05, 0.1) is 6.10 Å². The monoisotopic (exact) mass is 253 g/mol. The molecule has 0 aromatic carbocycles. The minimum absolute atomic E-state index is 0.0932. The highest BCUT2D eigenvalue weighted by atomic mass is 16.3. The van der Waals surface area contributed by atoms with Crippen LogP contribution in [0.2, 0.25) is 0 Å². The number of carbonyl (C=O) groups excluding carboxylic acids is 1. The predicted molar refractivity (Wildman–Crippen MR) is 72.4 cm³/mol. The van der Waals surface area contributed by atoms with Crippen LogP contribution in [-0.2, 0) is 4.79 Å². The van der Waals surface area contributed by atoms with Gasteiger partial charge in [-0.05, 0) is 38.6 Å². The predicted octanol–water partition coefficient (Wildman–Crippen LogP) is 2.23. The van der Waals surface area contributed by atoms with Crippen LogP contribution in [0.3, 0.4) is 0 Å². The van der Waals surface area contributed by atoms with Crippen LogP contribution in [0.5, 0.6) is 0 Å². The van der Waals surface area contributed by atoms with Gasteiger partial charge < -0.3 is 14.8 Å². The normalized spacial score (nSPS) is 30.9. The molecule has 2 atom stereocenters. The molecule has 1 aliphatic carbocycles. The largest absolute Gasteiger partial charge is 0.393 e. The van der Waals surface area contributed by atoms with Gasteiger partial charge in [0.15, 0.2) is 0 Å². The number of aldehydes is 1. The van der Waals surface area contributed by atoms with Crippen molar-refractivity contribution in [3.8, 4) is 0 Å². The fourth-order valence-electron chi connectivity index (χ4n) is 3.59. The average Bonchev–Trinajstić information content (AvgIpc) is 2.69. The summed E-state index contributed by atoms with van der Waals surface area (Å²) in [6, 6.07) is 0. The van der Waals surface area contributed by atoms with Crippen molar-refractivity contribution < 1.29 is 9.90 Å². The third-order valence-electron chi connectivity index (χ3n) is 4.88. The summed E-state index contributed by atoms with van der Waals surface area (Å²) in [5.74, 6) is 0.402. The first kappa shape index (κ1) is 14.0. The summed E-state index contributed by atoms with van der Waals surface area (Å²) in [7, 11) is 0. The molecule has 0 amide bonds. The van der Waals surface area contributed by atoms with Crippen molar-refractivity contribution in [3.05, 3.63) is 0 Å². The second-order valence-electron chi connectivity index (χ2n) is 6.42. The second kappa shape index (κ2) is 6.16. The van der Waals surface area contributed by atoms with Gasteiger partial charge in [0.25, 0.3) is 0 Å². The van der Waals surface area contributed by atoms with E-state index < -0.39 is 0 Å². The number of rotatable bonds is 4. The summed E-state index contributed by atoms with van der Waals surface area (Å²) in [5, 5.41) is 9.65. The smallest absolute Gasteiger partial charge is 0.127 e. The fourth-order valence-corrected chi connectivity index (χ4v) is 3.59. The zero-order valence-electron chi connectivity index (χ0n) is 11.6. The maximum atomic E-state index is 11.6. The number of hydrogen-bond donors (Lipinski definition) is 1. The molecule has 18 heavy (non-hydrogen) atoms. The maximum absolute atomic E-state index is 11.6. The number of aliphatic hydroxyl groups is 1. The maximum Gasteiger partial charge on any atom is 0.127 e. The molecule has 1 saturated heterocycles. The Labute approximate surface area is 111 Å². The molecule has 1 saturated carbocycles. The standard InChI is InChI=1S/C15H27NO2/c1-13(18)14-6-9-16(10-14)11-15(12-17)7-4-2-3-5-8-15/h12-14,18H,2-11H2,1H3. The molecular formula is C15H27NO2. The molecule has 0 aromatic rings. The lowest BCUT2D eigenvalue weighted by atomic mass is 9.81. The first-order chi connectivity index (χ1) is 8.65. The van der Waals surface area contributed by atoms with E-state index in [2.05, 4.69) is 4.90 Å². The first-order valence-electron chi connectivity index (χ1n) is 7.52. The minimum atomic E-state index is -0.212. The van der Waals surface area contributed by atoms with Gasteiger partial charge in [0, 0.05) is 18.5 Å². The Morgan fingerprint density at radius 3 is 2.50 bits per heavy atom. The Hall–Kier alpha value is -0.410. The number of carbonyl (C=O) groups is 1. The minimum Gasteiger partial charge on any atom is -0.393 e. The van der Waals surface area contributed by atoms with Crippen LogP contribution < -0.4 is 0 Å². The highest BCUT2D eigenvalue weighted by Crippen LogP contribution is 2.35. The van der Waals surface area contributed by atoms with Gasteiger partial charge in [0.2, 0.25) is 0 Å². The molecule has 104 valence electrons. The van der Waals surface area contributed by atoms with Crippen LogP contribution in [0.4, 0.5) is 0 Å². The van der Waals surface area contributed by atoms with Gasteiger partial charge in [-0.15, -0.1) is 0 Å². The molecule has 1 aliphatic heterocycles. The van der Waals surface area contributed by atoms with Crippen LogP contribution in [0, 0.1) is 11.3 Å². The lowest BCUT2D eigenvalue weighted by Crippen LogP contribution is -2.38. The Balaban J connectivity index is 1.92. The van der Waals surface area contributed by atoms with Crippen molar-refractivity contribution in [2.24, 2.45) is 11.3 Å². The molecule has 3 heteroatoms. The summed E-state index contributed by atoms with van der Waals surface area (Å²) in [5.41, 5.74) is -0.0932. The summed E-state index contributed by atoms with van der Waals surface area (Å²) in [6.07, 6.45) is 9.19. The molecule has 2 fully saturated rings. The van der Waals surface area contributed by atoms with Crippen molar-refractivity contribution in [1.29, 1.82) is 0 Å². The van der Waals surface area contributed by atoms with Gasteiger partial charge in [-0.1, -0.05) is 25.7 Å². The summed E-state index contributed by atoms with van der Waals surface area (Å²) >= 11 is 0. The molecule has 3 nitrogen and oxygen atoms in total. The zero-order valence-corrected chi connectivity index (χ0v) is 11.6. The molecule has 0 bridgehead atoms. The van der Waals surface area contributed by atoms with Crippen LogP contribution in [0.25, 0.3) is 0 Å². The van der Waals surface area contributed by atoms with Crippen molar-refractivity contribution in [2.75, 3.05) is 19.6 Å². The molecule has 0 radical (unpaired) electrons. The van der Waals surface area contributed by atoms with Crippen LogP contribution >= 0.6 is 0 Å². The van der Waals surface area contributed by atoms with E-state index in [0.717, 1.165) is 38.9 Å². The van der Waals surface area contributed by atoms with E-state index in [1.54, 1.807) is 0 Å². The van der Waals surface area contributed by atoms with Gasteiger partial charge in [0.1, 0.15) is 6.29 Å². The number of nitrogens with zero attached hydrogens (tertiary/aromatic N) is 1. The Bertz CT molecular complexity index is 270. The Morgan fingerprint density at radius 2 is 2.00 bits per heavy atom. The molecule has 2 rings (SSSR count). The fraction of sp³-hybridized carbons (Fsp3) is 0.933. The topological polar surface area (TPSA) is 40.5 Å². The summed E-state index contributed by atoms with van der Waals surface area (Å²) in [6.45, 7) is 4.81. The Kier molecular flexibility index (Phi) is 4.79. The molecule has 0 spiro atoms. The van der Waals surface area contributed by atoms with Crippen LogP contribution in [0.15, 0.2) is 0 Å². The zero-order chi connectivity index (χ0) is 13.0. The number of likely N-dealkylation sites (tertiary alicyclic amines) is 1. The van der Waals surface area contributed by atoms with Crippen LogP contribution in [-0.4, -0.2) is 42.0 Å². The van der Waals surface area contributed by atoms with E-state index in [4.69, 9.17) is 0 Å². The van der Waals surface area contributed by atoms with E-state index >= 15 is 0 Å². The highest BCUT2D eigenvalue weighted by molar-refractivity contribution is 5.59. The third kappa shape index (κ3) is 3.33. The van der Waals surface area contributed by atoms with Gasteiger partial charge in [-0.25, -0.2) is 0 Å². The molecule has 1 heterocycles.